The van der Waals surface area contributed by atoms with E-state index in [0.717, 1.165) is 5.92 Å². The van der Waals surface area contributed by atoms with Crippen molar-refractivity contribution in [3.8, 4) is 0 Å². The van der Waals surface area contributed by atoms with Gasteiger partial charge in [-0.1, -0.05) is 13.8 Å². The van der Waals surface area contributed by atoms with Crippen LogP contribution in [0.15, 0.2) is 0 Å². The lowest BCUT2D eigenvalue weighted by atomic mass is 9.80. The monoisotopic (exact) mass is 278 g/mol. The number of nitrogens with one attached hydrogen (secondary N) is 2. The lowest BCUT2D eigenvalue weighted by Crippen LogP contribution is -2.34. The Bertz CT molecular complexity index is 447. The van der Waals surface area contributed by atoms with Crippen molar-refractivity contribution in [2.45, 2.75) is 39.2 Å². The highest BCUT2D eigenvalue weighted by molar-refractivity contribution is 5.43. The summed E-state index contributed by atoms with van der Waals surface area (Å²) in [6.07, 6.45) is 3.72. The van der Waals surface area contributed by atoms with Gasteiger partial charge < -0.3 is 15.5 Å². The third kappa shape index (κ3) is 3.49. The van der Waals surface area contributed by atoms with Crippen LogP contribution in [0.3, 0.4) is 0 Å². The average molecular weight is 278 g/mol. The summed E-state index contributed by atoms with van der Waals surface area (Å²) in [5.74, 6) is 3.41. The number of hydrogen-bond acceptors (Lipinski definition) is 6. The highest BCUT2D eigenvalue weighted by Gasteiger charge is 2.26. The minimum atomic E-state index is 0.452. The first kappa shape index (κ1) is 14.8. The van der Waals surface area contributed by atoms with E-state index in [9.17, 15) is 0 Å². The maximum atomic E-state index is 4.48. The summed E-state index contributed by atoms with van der Waals surface area (Å²) in [4.78, 5) is 15.1. The smallest absolute Gasteiger partial charge is 0.231 e. The Morgan fingerprint density at radius 1 is 1.05 bits per heavy atom. The summed E-state index contributed by atoms with van der Waals surface area (Å²) in [6, 6.07) is 0.452. The van der Waals surface area contributed by atoms with E-state index in [1.807, 2.05) is 26.0 Å². The molecule has 0 saturated heterocycles. The number of hydrogen-bond donors (Lipinski definition) is 2. The van der Waals surface area contributed by atoms with Crippen molar-refractivity contribution in [1.82, 2.24) is 15.0 Å². The maximum Gasteiger partial charge on any atom is 0.231 e. The molecule has 3 unspecified atom stereocenters. The second-order valence-electron chi connectivity index (χ2n) is 6.07. The standard InChI is InChI=1S/C14H26N6/c1-9-6-7-11(10(2)8-9)16-13-17-12(15-3)18-14(19-13)20(4)5/h9-11H,6-8H2,1-5H3,(H2,15,16,17,18,19). The van der Waals surface area contributed by atoms with Crippen LogP contribution in [0.4, 0.5) is 17.8 Å². The summed E-state index contributed by atoms with van der Waals surface area (Å²) in [7, 11) is 5.69. The molecular weight excluding hydrogens is 252 g/mol. The number of nitrogens with zero attached hydrogens (tertiary/aromatic N) is 4. The number of aromatic nitrogens is 3. The molecule has 0 amide bonds. The second-order valence-corrected chi connectivity index (χ2v) is 6.07. The van der Waals surface area contributed by atoms with Crippen molar-refractivity contribution < 1.29 is 0 Å². The van der Waals surface area contributed by atoms with Crippen LogP contribution in [0, 0.1) is 11.8 Å². The van der Waals surface area contributed by atoms with Gasteiger partial charge in [0.15, 0.2) is 0 Å². The number of anilines is 3. The van der Waals surface area contributed by atoms with Gasteiger partial charge in [-0.05, 0) is 31.1 Å². The van der Waals surface area contributed by atoms with E-state index in [0.29, 0.717) is 29.8 Å². The lowest BCUT2D eigenvalue weighted by molar-refractivity contribution is 0.276. The highest BCUT2D eigenvalue weighted by atomic mass is 15.3. The van der Waals surface area contributed by atoms with Crippen LogP contribution < -0.4 is 15.5 Å². The quantitative estimate of drug-likeness (QED) is 0.880. The van der Waals surface area contributed by atoms with Crippen LogP contribution in [0.1, 0.15) is 33.1 Å². The van der Waals surface area contributed by atoms with Crippen molar-refractivity contribution in [3.05, 3.63) is 0 Å². The van der Waals surface area contributed by atoms with Crippen LogP contribution in [0.25, 0.3) is 0 Å². The molecule has 1 fully saturated rings. The SMILES string of the molecule is CNc1nc(NC2CCC(C)CC2C)nc(N(C)C)n1. The molecule has 0 bridgehead atoms. The van der Waals surface area contributed by atoms with Crippen molar-refractivity contribution in [3.63, 3.8) is 0 Å². The molecule has 3 atom stereocenters. The van der Waals surface area contributed by atoms with Gasteiger partial charge in [-0.25, -0.2) is 0 Å². The summed E-state index contributed by atoms with van der Waals surface area (Å²) in [5, 5.41) is 6.48. The van der Waals surface area contributed by atoms with E-state index in [1.165, 1.54) is 19.3 Å². The first-order chi connectivity index (χ1) is 9.49. The van der Waals surface area contributed by atoms with Gasteiger partial charge in [-0.2, -0.15) is 15.0 Å². The Hall–Kier alpha value is -1.59. The van der Waals surface area contributed by atoms with E-state index in [1.54, 1.807) is 0 Å². The molecule has 1 aliphatic rings. The Morgan fingerprint density at radius 2 is 1.75 bits per heavy atom. The zero-order chi connectivity index (χ0) is 14.7. The van der Waals surface area contributed by atoms with Crippen LogP contribution in [0.5, 0.6) is 0 Å². The predicted octanol–water partition coefficient (Wildman–Crippen LogP) is 2.22. The van der Waals surface area contributed by atoms with Crippen LogP contribution >= 0.6 is 0 Å². The first-order valence-corrected chi connectivity index (χ1v) is 7.37. The molecule has 2 N–H and O–H groups in total. The van der Waals surface area contributed by atoms with Gasteiger partial charge >= 0.3 is 0 Å². The zero-order valence-electron chi connectivity index (χ0n) is 13.1. The number of rotatable bonds is 4. The molecule has 20 heavy (non-hydrogen) atoms. The van der Waals surface area contributed by atoms with Crippen molar-refractivity contribution >= 4 is 17.8 Å². The maximum absolute atomic E-state index is 4.48. The fourth-order valence-electron chi connectivity index (χ4n) is 2.79. The van der Waals surface area contributed by atoms with Crippen molar-refractivity contribution in [2.24, 2.45) is 11.8 Å². The molecule has 112 valence electrons. The van der Waals surface area contributed by atoms with E-state index in [2.05, 4.69) is 39.4 Å². The third-order valence-corrected chi connectivity index (χ3v) is 3.99. The molecule has 0 aromatic carbocycles. The molecule has 0 spiro atoms. The van der Waals surface area contributed by atoms with Gasteiger partial charge in [0, 0.05) is 27.2 Å². The minimum absolute atomic E-state index is 0.452. The topological polar surface area (TPSA) is 66.0 Å². The molecule has 1 aromatic heterocycles. The molecule has 6 nitrogen and oxygen atoms in total. The first-order valence-electron chi connectivity index (χ1n) is 7.37. The van der Waals surface area contributed by atoms with Crippen LogP contribution in [0.2, 0.25) is 0 Å². The van der Waals surface area contributed by atoms with Gasteiger partial charge in [0.1, 0.15) is 0 Å². The Morgan fingerprint density at radius 3 is 2.35 bits per heavy atom. The van der Waals surface area contributed by atoms with E-state index in [4.69, 9.17) is 0 Å². The molecule has 1 aromatic rings. The zero-order valence-corrected chi connectivity index (χ0v) is 13.1. The highest BCUT2D eigenvalue weighted by Crippen LogP contribution is 2.30. The van der Waals surface area contributed by atoms with E-state index in [-0.39, 0.29) is 0 Å². The molecule has 1 aliphatic carbocycles. The second kappa shape index (κ2) is 6.24. The molecule has 2 rings (SSSR count). The molecule has 6 heteroatoms. The normalized spacial score (nSPS) is 26.1. The fraction of sp³-hybridized carbons (Fsp3) is 0.786. The Kier molecular flexibility index (Phi) is 4.62. The Labute approximate surface area is 121 Å². The average Bonchev–Trinajstić information content (AvgIpc) is 2.41. The van der Waals surface area contributed by atoms with Crippen molar-refractivity contribution in [1.29, 1.82) is 0 Å². The van der Waals surface area contributed by atoms with Crippen LogP contribution in [-0.2, 0) is 0 Å². The largest absolute Gasteiger partial charge is 0.357 e. The fourth-order valence-corrected chi connectivity index (χ4v) is 2.79. The van der Waals surface area contributed by atoms with Crippen molar-refractivity contribution in [2.75, 3.05) is 36.7 Å². The minimum Gasteiger partial charge on any atom is -0.357 e. The molecular formula is C14H26N6. The predicted molar refractivity (Wildman–Crippen MR) is 83.3 cm³/mol. The van der Waals surface area contributed by atoms with Gasteiger partial charge in [0.25, 0.3) is 0 Å². The molecule has 0 radical (unpaired) electrons. The molecule has 1 heterocycles. The van der Waals surface area contributed by atoms with E-state index < -0.39 is 0 Å². The van der Waals surface area contributed by atoms with Gasteiger partial charge in [-0.15, -0.1) is 0 Å². The van der Waals surface area contributed by atoms with Gasteiger partial charge in [0.05, 0.1) is 0 Å². The molecule has 0 aliphatic heterocycles. The lowest BCUT2D eigenvalue weighted by Gasteiger charge is -2.33. The molecule has 1 saturated carbocycles. The Balaban J connectivity index is 2.14. The summed E-state index contributed by atoms with van der Waals surface area (Å²) >= 11 is 0. The van der Waals surface area contributed by atoms with Gasteiger partial charge in [-0.3, -0.25) is 0 Å². The van der Waals surface area contributed by atoms with E-state index >= 15 is 0 Å². The third-order valence-electron chi connectivity index (χ3n) is 3.99. The summed E-state index contributed by atoms with van der Waals surface area (Å²) in [5.41, 5.74) is 0. The van der Waals surface area contributed by atoms with Crippen LogP contribution in [-0.4, -0.2) is 42.1 Å². The summed E-state index contributed by atoms with van der Waals surface area (Å²) < 4.78 is 0. The van der Waals surface area contributed by atoms with Gasteiger partial charge in [0.2, 0.25) is 17.8 Å². The summed E-state index contributed by atoms with van der Waals surface area (Å²) in [6.45, 7) is 4.64.